The third kappa shape index (κ3) is 3.98. The van der Waals surface area contributed by atoms with Crippen molar-refractivity contribution in [3.8, 4) is 0 Å². The predicted molar refractivity (Wildman–Crippen MR) is 93.6 cm³/mol. The zero-order valence-electron chi connectivity index (χ0n) is 12.5. The fourth-order valence-electron chi connectivity index (χ4n) is 2.42. The molecular formula is C17H17N3O2S. The van der Waals surface area contributed by atoms with Crippen molar-refractivity contribution < 1.29 is 9.59 Å². The lowest BCUT2D eigenvalue weighted by Gasteiger charge is -2.30. The molecule has 0 atom stereocenters. The van der Waals surface area contributed by atoms with Gasteiger partial charge in [-0.25, -0.2) is 0 Å². The predicted octanol–water partition coefficient (Wildman–Crippen LogP) is 2.34. The quantitative estimate of drug-likeness (QED) is 0.847. The molecule has 2 amide bonds. The molecule has 1 aliphatic heterocycles. The van der Waals surface area contributed by atoms with Crippen LogP contribution in [0.2, 0.25) is 0 Å². The molecule has 1 fully saturated rings. The van der Waals surface area contributed by atoms with E-state index in [9.17, 15) is 9.59 Å². The molecule has 2 heterocycles. The van der Waals surface area contributed by atoms with Crippen LogP contribution in [0.15, 0.2) is 47.9 Å². The number of carbonyl (C=O) groups excluding carboxylic acids is 2. The highest BCUT2D eigenvalue weighted by Crippen LogP contribution is 2.26. The lowest BCUT2D eigenvalue weighted by atomic mass is 10.2. The van der Waals surface area contributed by atoms with Gasteiger partial charge >= 0.3 is 0 Å². The van der Waals surface area contributed by atoms with Gasteiger partial charge in [0.15, 0.2) is 0 Å². The number of benzene rings is 1. The molecule has 118 valence electrons. The number of hydrogen-bond donors (Lipinski definition) is 2. The molecule has 0 spiro atoms. The minimum atomic E-state index is -0.188. The summed E-state index contributed by atoms with van der Waals surface area (Å²) < 4.78 is 0. The van der Waals surface area contributed by atoms with Gasteiger partial charge in [-0.15, -0.1) is 11.3 Å². The lowest BCUT2D eigenvalue weighted by molar-refractivity contribution is -0.120. The second kappa shape index (κ2) is 7.11. The maximum Gasteiger partial charge on any atom is 0.248 e. The zero-order chi connectivity index (χ0) is 16.1. The molecule has 1 aromatic carbocycles. The first-order valence-electron chi connectivity index (χ1n) is 7.35. The summed E-state index contributed by atoms with van der Waals surface area (Å²) in [4.78, 5) is 26.7. The topological polar surface area (TPSA) is 61.4 Å². The van der Waals surface area contributed by atoms with Gasteiger partial charge in [-0.05, 0) is 29.7 Å². The maximum absolute atomic E-state index is 12.1. The van der Waals surface area contributed by atoms with Crippen molar-refractivity contribution in [1.82, 2.24) is 5.32 Å². The Bertz CT molecular complexity index is 725. The van der Waals surface area contributed by atoms with Crippen molar-refractivity contribution in [3.05, 3.63) is 52.7 Å². The highest BCUT2D eigenvalue weighted by atomic mass is 32.1. The van der Waals surface area contributed by atoms with Gasteiger partial charge in [0.25, 0.3) is 0 Å². The van der Waals surface area contributed by atoms with Gasteiger partial charge in [0.05, 0.1) is 17.9 Å². The maximum atomic E-state index is 12.1. The van der Waals surface area contributed by atoms with Crippen LogP contribution in [0, 0.1) is 0 Å². The average Bonchev–Trinajstić information content (AvgIpc) is 3.07. The summed E-state index contributed by atoms with van der Waals surface area (Å²) in [5.41, 5.74) is 1.57. The first kappa shape index (κ1) is 15.3. The number of nitrogens with one attached hydrogen (secondary N) is 2. The van der Waals surface area contributed by atoms with Crippen LogP contribution in [0.5, 0.6) is 0 Å². The summed E-state index contributed by atoms with van der Waals surface area (Å²) in [7, 11) is 0. The number of carbonyl (C=O) groups is 2. The Balaban J connectivity index is 1.72. The summed E-state index contributed by atoms with van der Waals surface area (Å²) in [5, 5.41) is 7.66. The largest absolute Gasteiger partial charge is 0.359 e. The number of thiophene rings is 1. The van der Waals surface area contributed by atoms with E-state index in [1.54, 1.807) is 17.4 Å². The van der Waals surface area contributed by atoms with Crippen LogP contribution in [0.1, 0.15) is 4.88 Å². The van der Waals surface area contributed by atoms with Crippen molar-refractivity contribution in [2.75, 3.05) is 29.9 Å². The minimum Gasteiger partial charge on any atom is -0.359 e. The SMILES string of the molecule is O=C(/C=C/c1cccs1)Nc1ccccc1N1CCNC(=O)C1. The summed E-state index contributed by atoms with van der Waals surface area (Å²) in [6, 6.07) is 11.4. The molecular weight excluding hydrogens is 310 g/mol. The van der Waals surface area contributed by atoms with E-state index in [0.29, 0.717) is 18.8 Å². The van der Waals surface area contributed by atoms with Crippen molar-refractivity contribution in [2.45, 2.75) is 0 Å². The molecule has 0 saturated carbocycles. The van der Waals surface area contributed by atoms with Crippen LogP contribution in [0.4, 0.5) is 11.4 Å². The fourth-order valence-corrected chi connectivity index (χ4v) is 3.04. The Labute approximate surface area is 138 Å². The standard InChI is InChI=1S/C17H17N3O2S/c21-16(8-7-13-4-3-11-23-13)19-14-5-1-2-6-15(14)20-10-9-18-17(22)12-20/h1-8,11H,9-10,12H2,(H,18,22)(H,19,21)/b8-7+. The molecule has 2 N–H and O–H groups in total. The van der Waals surface area contributed by atoms with E-state index in [4.69, 9.17) is 0 Å². The Morgan fingerprint density at radius 2 is 2.13 bits per heavy atom. The Morgan fingerprint density at radius 1 is 1.26 bits per heavy atom. The molecule has 6 heteroatoms. The van der Waals surface area contributed by atoms with Crippen LogP contribution in [-0.2, 0) is 9.59 Å². The van der Waals surface area contributed by atoms with Crippen molar-refractivity contribution in [1.29, 1.82) is 0 Å². The number of rotatable bonds is 4. The number of piperazine rings is 1. The van der Waals surface area contributed by atoms with Crippen molar-refractivity contribution in [2.24, 2.45) is 0 Å². The van der Waals surface area contributed by atoms with E-state index in [1.165, 1.54) is 6.08 Å². The second-order valence-electron chi connectivity index (χ2n) is 5.13. The third-order valence-corrected chi connectivity index (χ3v) is 4.32. The normalized spacial score (nSPS) is 14.8. The fraction of sp³-hybridized carbons (Fsp3) is 0.176. The molecule has 0 unspecified atom stereocenters. The van der Waals surface area contributed by atoms with Gasteiger partial charge in [-0.2, -0.15) is 0 Å². The van der Waals surface area contributed by atoms with Crippen molar-refractivity contribution in [3.63, 3.8) is 0 Å². The molecule has 5 nitrogen and oxygen atoms in total. The molecule has 1 aromatic heterocycles. The van der Waals surface area contributed by atoms with Crippen LogP contribution in [0.25, 0.3) is 6.08 Å². The summed E-state index contributed by atoms with van der Waals surface area (Å²) in [5.74, 6) is -0.192. The zero-order valence-corrected chi connectivity index (χ0v) is 13.3. The van der Waals surface area contributed by atoms with Crippen LogP contribution >= 0.6 is 11.3 Å². The first-order chi connectivity index (χ1) is 11.2. The lowest BCUT2D eigenvalue weighted by Crippen LogP contribution is -2.47. The van der Waals surface area contributed by atoms with E-state index in [0.717, 1.165) is 17.1 Å². The van der Waals surface area contributed by atoms with Crippen molar-refractivity contribution >= 4 is 40.6 Å². The molecule has 0 bridgehead atoms. The van der Waals surface area contributed by atoms with Crippen LogP contribution in [-0.4, -0.2) is 31.4 Å². The number of amides is 2. The van der Waals surface area contributed by atoms with Crippen LogP contribution < -0.4 is 15.5 Å². The van der Waals surface area contributed by atoms with E-state index < -0.39 is 0 Å². The smallest absolute Gasteiger partial charge is 0.248 e. The summed E-state index contributed by atoms with van der Waals surface area (Å²) in [6.07, 6.45) is 3.31. The van der Waals surface area contributed by atoms with Gasteiger partial charge in [-0.1, -0.05) is 18.2 Å². The van der Waals surface area contributed by atoms with E-state index >= 15 is 0 Å². The summed E-state index contributed by atoms with van der Waals surface area (Å²) >= 11 is 1.58. The van der Waals surface area contributed by atoms with Gasteiger partial charge in [0, 0.05) is 24.0 Å². The van der Waals surface area contributed by atoms with Gasteiger partial charge in [0.2, 0.25) is 11.8 Å². The highest BCUT2D eigenvalue weighted by molar-refractivity contribution is 7.10. The highest BCUT2D eigenvalue weighted by Gasteiger charge is 2.19. The number of anilines is 2. The number of hydrogen-bond acceptors (Lipinski definition) is 4. The molecule has 1 aliphatic rings. The molecule has 0 radical (unpaired) electrons. The van der Waals surface area contributed by atoms with Gasteiger partial charge in [0.1, 0.15) is 0 Å². The Hall–Kier alpha value is -2.60. The molecule has 0 aliphatic carbocycles. The summed E-state index contributed by atoms with van der Waals surface area (Å²) in [6.45, 7) is 1.64. The average molecular weight is 327 g/mol. The second-order valence-corrected chi connectivity index (χ2v) is 6.11. The molecule has 3 rings (SSSR count). The molecule has 1 saturated heterocycles. The third-order valence-electron chi connectivity index (χ3n) is 3.48. The molecule has 23 heavy (non-hydrogen) atoms. The molecule has 2 aromatic rings. The first-order valence-corrected chi connectivity index (χ1v) is 8.23. The van der Waals surface area contributed by atoms with Gasteiger partial charge in [-0.3, -0.25) is 9.59 Å². The number of nitrogens with zero attached hydrogens (tertiary/aromatic N) is 1. The van der Waals surface area contributed by atoms with Crippen LogP contribution in [0.3, 0.4) is 0 Å². The Kier molecular flexibility index (Phi) is 4.73. The monoisotopic (exact) mass is 327 g/mol. The van der Waals surface area contributed by atoms with E-state index in [1.807, 2.05) is 46.7 Å². The Morgan fingerprint density at radius 3 is 2.91 bits per heavy atom. The van der Waals surface area contributed by atoms with E-state index in [2.05, 4.69) is 10.6 Å². The minimum absolute atomic E-state index is 0.00466. The van der Waals surface area contributed by atoms with Gasteiger partial charge < -0.3 is 15.5 Å². The van der Waals surface area contributed by atoms with E-state index in [-0.39, 0.29) is 11.8 Å². The number of para-hydroxylation sites is 2.